The molecule has 1 atom stereocenters. The van der Waals surface area contributed by atoms with Crippen molar-refractivity contribution < 1.29 is 23.9 Å². The molecule has 0 spiro atoms. The molecular formula is C16H25N3O5. The Balaban J connectivity index is 2.95. The maximum absolute atomic E-state index is 12.0. The van der Waals surface area contributed by atoms with Gasteiger partial charge in [-0.3, -0.25) is 0 Å². The van der Waals surface area contributed by atoms with Gasteiger partial charge < -0.3 is 19.6 Å². The van der Waals surface area contributed by atoms with Crippen LogP contribution in [-0.2, 0) is 19.8 Å². The van der Waals surface area contributed by atoms with E-state index in [1.807, 2.05) is 0 Å². The van der Waals surface area contributed by atoms with Gasteiger partial charge in [0.25, 0.3) is 0 Å². The van der Waals surface area contributed by atoms with Crippen LogP contribution in [0.15, 0.2) is 12.5 Å². The molecule has 0 fully saturated rings. The van der Waals surface area contributed by atoms with E-state index in [9.17, 15) is 14.4 Å². The van der Waals surface area contributed by atoms with Crippen molar-refractivity contribution in [3.63, 3.8) is 0 Å². The lowest BCUT2D eigenvalue weighted by Crippen LogP contribution is -2.47. The van der Waals surface area contributed by atoms with Gasteiger partial charge in [-0.2, -0.15) is 0 Å². The summed E-state index contributed by atoms with van der Waals surface area (Å²) in [5, 5.41) is 2.46. The summed E-state index contributed by atoms with van der Waals surface area (Å²) in [6.45, 7) is 11.8. The van der Waals surface area contributed by atoms with Crippen LogP contribution in [0.2, 0.25) is 0 Å². The van der Waals surface area contributed by atoms with Crippen LogP contribution in [0.1, 0.15) is 54.2 Å². The highest BCUT2D eigenvalue weighted by molar-refractivity contribution is 5.78. The van der Waals surface area contributed by atoms with Crippen LogP contribution < -0.4 is 5.32 Å². The van der Waals surface area contributed by atoms with Crippen molar-refractivity contribution in [3.8, 4) is 0 Å². The predicted octanol–water partition coefficient (Wildman–Crippen LogP) is 2.61. The second-order valence-electron chi connectivity index (χ2n) is 7.59. The first-order valence-electron chi connectivity index (χ1n) is 7.51. The highest BCUT2D eigenvalue weighted by Crippen LogP contribution is 2.18. The second-order valence-corrected chi connectivity index (χ2v) is 7.59. The van der Waals surface area contributed by atoms with E-state index in [1.165, 1.54) is 19.4 Å². The largest absolute Gasteiger partial charge is 0.444 e. The number of hydrogen-bond donors (Lipinski definition) is 1. The van der Waals surface area contributed by atoms with Gasteiger partial charge in [-0.05, 0) is 48.5 Å². The minimum Gasteiger partial charge on any atom is -0.444 e. The molecule has 0 aliphatic heterocycles. The number of ether oxygens (including phenoxy) is 2. The van der Waals surface area contributed by atoms with Crippen molar-refractivity contribution in [1.29, 1.82) is 0 Å². The van der Waals surface area contributed by atoms with Crippen LogP contribution in [0.3, 0.4) is 0 Å². The van der Waals surface area contributed by atoms with Crippen molar-refractivity contribution in [2.75, 3.05) is 0 Å². The van der Waals surface area contributed by atoms with Crippen LogP contribution in [-0.4, -0.2) is 39.2 Å². The smallest absolute Gasteiger partial charge is 0.419 e. The molecule has 1 aromatic rings. The summed E-state index contributed by atoms with van der Waals surface area (Å²) in [6, 6.07) is 0. The molecule has 1 N–H and O–H groups in total. The predicted molar refractivity (Wildman–Crippen MR) is 86.6 cm³/mol. The summed E-state index contributed by atoms with van der Waals surface area (Å²) in [5.41, 5.74) is -2.61. The number of amides is 1. The zero-order chi connectivity index (χ0) is 18.8. The van der Waals surface area contributed by atoms with Crippen molar-refractivity contribution in [2.45, 2.75) is 65.2 Å². The van der Waals surface area contributed by atoms with E-state index in [4.69, 9.17) is 9.47 Å². The fraction of sp³-hybridized carbons (Fsp3) is 0.625. The summed E-state index contributed by atoms with van der Waals surface area (Å²) < 4.78 is 11.5. The molecule has 0 aromatic carbocycles. The Kier molecular flexibility index (Phi) is 5.43. The number of hydrogen-bond acceptors (Lipinski definition) is 6. The van der Waals surface area contributed by atoms with Gasteiger partial charge in [-0.15, -0.1) is 0 Å². The standard InChI is InChI=1S/C16H25N3O5/c1-14(2,3)23-12(21)18-16(7,9-20)11-8-19(10-17-11)13(22)24-15(4,5)6/h8-10H,1-7H3,(H,18,21). The van der Waals surface area contributed by atoms with Gasteiger partial charge in [-0.25, -0.2) is 19.1 Å². The van der Waals surface area contributed by atoms with E-state index in [1.54, 1.807) is 41.5 Å². The number of imidazole rings is 1. The fourth-order valence-electron chi connectivity index (χ4n) is 1.67. The third-order valence-electron chi connectivity index (χ3n) is 2.72. The van der Waals surface area contributed by atoms with Crippen molar-refractivity contribution in [3.05, 3.63) is 18.2 Å². The average molecular weight is 339 g/mol. The molecule has 0 radical (unpaired) electrons. The molecule has 8 nitrogen and oxygen atoms in total. The molecule has 1 amide bonds. The van der Waals surface area contributed by atoms with Gasteiger partial charge >= 0.3 is 12.2 Å². The Labute approximate surface area is 141 Å². The average Bonchev–Trinajstić information content (AvgIpc) is 2.84. The molecule has 24 heavy (non-hydrogen) atoms. The first-order chi connectivity index (χ1) is 10.8. The number of rotatable bonds is 3. The zero-order valence-electron chi connectivity index (χ0n) is 15.2. The van der Waals surface area contributed by atoms with Crippen molar-refractivity contribution >= 4 is 18.5 Å². The highest BCUT2D eigenvalue weighted by Gasteiger charge is 2.33. The van der Waals surface area contributed by atoms with Gasteiger partial charge in [0.15, 0.2) is 6.29 Å². The Morgan fingerprint density at radius 2 is 1.62 bits per heavy atom. The molecule has 0 bridgehead atoms. The number of nitrogens with one attached hydrogen (secondary N) is 1. The lowest BCUT2D eigenvalue weighted by molar-refractivity contribution is -0.113. The lowest BCUT2D eigenvalue weighted by atomic mass is 10.0. The molecule has 0 aliphatic rings. The third kappa shape index (κ3) is 5.68. The van der Waals surface area contributed by atoms with Gasteiger partial charge in [0.1, 0.15) is 23.1 Å². The van der Waals surface area contributed by atoms with Crippen LogP contribution in [0.25, 0.3) is 0 Å². The van der Waals surface area contributed by atoms with Crippen molar-refractivity contribution in [2.24, 2.45) is 0 Å². The maximum atomic E-state index is 12.0. The molecule has 8 heteroatoms. The first kappa shape index (κ1) is 19.7. The molecular weight excluding hydrogens is 314 g/mol. The number of carbonyl (C=O) groups is 3. The van der Waals surface area contributed by atoms with Gasteiger partial charge in [0.05, 0.1) is 5.69 Å². The Morgan fingerprint density at radius 3 is 2.08 bits per heavy atom. The zero-order valence-corrected chi connectivity index (χ0v) is 15.2. The Bertz CT molecular complexity index is 624. The molecule has 0 aliphatic carbocycles. The monoisotopic (exact) mass is 339 g/mol. The van der Waals surface area contributed by atoms with Crippen LogP contribution in [0.4, 0.5) is 9.59 Å². The van der Waals surface area contributed by atoms with E-state index in [2.05, 4.69) is 10.3 Å². The molecule has 1 rings (SSSR count). The minimum absolute atomic E-state index is 0.189. The SMILES string of the molecule is CC(C)(C)OC(=O)NC(C)(C=O)c1cn(C(=O)OC(C)(C)C)cn1. The van der Waals surface area contributed by atoms with Crippen LogP contribution in [0.5, 0.6) is 0 Å². The highest BCUT2D eigenvalue weighted by atomic mass is 16.6. The Morgan fingerprint density at radius 1 is 1.08 bits per heavy atom. The number of nitrogens with zero attached hydrogens (tertiary/aromatic N) is 2. The quantitative estimate of drug-likeness (QED) is 0.850. The summed E-state index contributed by atoms with van der Waals surface area (Å²) in [5.74, 6) is 0. The molecule has 134 valence electrons. The normalized spacial score (nSPS) is 14.5. The summed E-state index contributed by atoms with van der Waals surface area (Å²) in [6.07, 6.45) is 1.69. The number of aldehydes is 1. The number of carbonyl (C=O) groups excluding carboxylic acids is 3. The summed E-state index contributed by atoms with van der Waals surface area (Å²) >= 11 is 0. The van der Waals surface area contributed by atoms with E-state index in [0.717, 1.165) is 4.57 Å². The molecule has 1 heterocycles. The van der Waals surface area contributed by atoms with Gasteiger partial charge in [0.2, 0.25) is 0 Å². The second kappa shape index (κ2) is 6.62. The number of aromatic nitrogens is 2. The molecule has 0 saturated heterocycles. The van der Waals surface area contributed by atoms with Gasteiger partial charge in [0, 0.05) is 6.20 Å². The molecule has 0 saturated carbocycles. The summed E-state index contributed by atoms with van der Waals surface area (Å²) in [7, 11) is 0. The topological polar surface area (TPSA) is 99.5 Å². The third-order valence-corrected chi connectivity index (χ3v) is 2.72. The molecule has 1 unspecified atom stereocenters. The van der Waals surface area contributed by atoms with E-state index in [-0.39, 0.29) is 5.69 Å². The maximum Gasteiger partial charge on any atom is 0.419 e. The first-order valence-corrected chi connectivity index (χ1v) is 7.51. The van der Waals surface area contributed by atoms with E-state index in [0.29, 0.717) is 6.29 Å². The van der Waals surface area contributed by atoms with E-state index >= 15 is 0 Å². The van der Waals surface area contributed by atoms with Crippen LogP contribution in [0, 0.1) is 0 Å². The number of alkyl carbamates (subject to hydrolysis) is 1. The fourth-order valence-corrected chi connectivity index (χ4v) is 1.67. The van der Waals surface area contributed by atoms with Gasteiger partial charge in [-0.1, -0.05) is 0 Å². The molecule has 1 aromatic heterocycles. The lowest BCUT2D eigenvalue weighted by Gasteiger charge is -2.26. The summed E-state index contributed by atoms with van der Waals surface area (Å²) in [4.78, 5) is 39.4. The van der Waals surface area contributed by atoms with Crippen LogP contribution >= 0.6 is 0 Å². The minimum atomic E-state index is -1.43. The Hall–Kier alpha value is -2.38. The van der Waals surface area contributed by atoms with E-state index < -0.39 is 28.9 Å². The van der Waals surface area contributed by atoms with Crippen molar-refractivity contribution in [1.82, 2.24) is 14.9 Å².